The molecule has 1 amide bonds. The number of aryl methyl sites for hydroxylation is 1. The number of nitrogens with zero attached hydrogens (tertiary/aromatic N) is 2. The van der Waals surface area contributed by atoms with E-state index in [0.29, 0.717) is 0 Å². The molecule has 0 aliphatic heterocycles. The molecule has 1 rings (SSSR count). The zero-order chi connectivity index (χ0) is 9.84. The second-order valence-corrected chi connectivity index (χ2v) is 3.90. The molecule has 0 aliphatic rings. The van der Waals surface area contributed by atoms with E-state index in [-0.39, 0.29) is 11.2 Å². The lowest BCUT2D eigenvalue weighted by Gasteiger charge is -2.08. The van der Waals surface area contributed by atoms with Crippen molar-refractivity contribution >= 4 is 17.7 Å². The van der Waals surface area contributed by atoms with Gasteiger partial charge in [-0.05, 0) is 6.92 Å². The topological polar surface area (TPSA) is 72.9 Å². The molecule has 0 bridgehead atoms. The van der Waals surface area contributed by atoms with E-state index in [0.717, 1.165) is 5.16 Å². The van der Waals surface area contributed by atoms with Crippen LogP contribution in [-0.2, 0) is 11.8 Å². The fraction of sp³-hybridized carbons (Fsp3) is 0.429. The van der Waals surface area contributed by atoms with Gasteiger partial charge in [-0.3, -0.25) is 10.2 Å². The zero-order valence-electron chi connectivity index (χ0n) is 7.52. The van der Waals surface area contributed by atoms with Crippen LogP contribution in [0.3, 0.4) is 0 Å². The van der Waals surface area contributed by atoms with E-state index in [9.17, 15) is 4.79 Å². The fourth-order valence-corrected chi connectivity index (χ4v) is 1.63. The Morgan fingerprint density at radius 1 is 1.85 bits per heavy atom. The average Bonchev–Trinajstić information content (AvgIpc) is 2.50. The summed E-state index contributed by atoms with van der Waals surface area (Å²) in [4.78, 5) is 15.1. The van der Waals surface area contributed by atoms with E-state index in [1.54, 1.807) is 13.1 Å². The number of aromatic nitrogens is 2. The third-order valence-corrected chi connectivity index (χ3v) is 2.74. The predicted octanol–water partition coefficient (Wildman–Crippen LogP) is -0.109. The first-order chi connectivity index (χ1) is 6.15. The molecule has 0 spiro atoms. The highest BCUT2D eigenvalue weighted by Crippen LogP contribution is 2.20. The highest BCUT2D eigenvalue weighted by molar-refractivity contribution is 8.00. The summed E-state index contributed by atoms with van der Waals surface area (Å²) in [6.07, 6.45) is 3.52. The van der Waals surface area contributed by atoms with Gasteiger partial charge in [0.15, 0.2) is 5.16 Å². The van der Waals surface area contributed by atoms with Crippen molar-refractivity contribution in [3.63, 3.8) is 0 Å². The highest BCUT2D eigenvalue weighted by Gasteiger charge is 2.14. The molecule has 0 radical (unpaired) electrons. The summed E-state index contributed by atoms with van der Waals surface area (Å²) in [6, 6.07) is 0. The first-order valence-corrected chi connectivity index (χ1v) is 4.67. The molecule has 0 saturated heterocycles. The lowest BCUT2D eigenvalue weighted by Crippen LogP contribution is -2.36. The van der Waals surface area contributed by atoms with E-state index in [1.165, 1.54) is 11.8 Å². The first kappa shape index (κ1) is 10.1. The number of hydrogen-bond donors (Lipinski definition) is 2. The molecule has 5 nitrogen and oxygen atoms in total. The Labute approximate surface area is 80.7 Å². The molecular weight excluding hydrogens is 188 g/mol. The second-order valence-electron chi connectivity index (χ2n) is 2.59. The number of thioether (sulfide) groups is 1. The maximum absolute atomic E-state index is 11.1. The molecule has 0 aliphatic carbocycles. The Morgan fingerprint density at radius 3 is 3.00 bits per heavy atom. The number of rotatable bonds is 3. The van der Waals surface area contributed by atoms with Gasteiger partial charge in [0.2, 0.25) is 5.91 Å². The van der Waals surface area contributed by atoms with Crippen LogP contribution in [0, 0.1) is 0 Å². The minimum Gasteiger partial charge on any atom is -0.329 e. The van der Waals surface area contributed by atoms with Gasteiger partial charge in [0.05, 0.1) is 5.25 Å². The number of carbonyl (C=O) groups is 1. The molecule has 0 fully saturated rings. The third kappa shape index (κ3) is 2.46. The van der Waals surface area contributed by atoms with Gasteiger partial charge < -0.3 is 4.57 Å². The van der Waals surface area contributed by atoms with Crippen LogP contribution in [0.2, 0.25) is 0 Å². The van der Waals surface area contributed by atoms with Crippen LogP contribution in [0.4, 0.5) is 0 Å². The summed E-state index contributed by atoms with van der Waals surface area (Å²) in [6.45, 7) is 1.78. The van der Waals surface area contributed by atoms with Crippen LogP contribution in [-0.4, -0.2) is 20.7 Å². The Bertz CT molecular complexity index is 298. The van der Waals surface area contributed by atoms with Crippen LogP contribution in [0.25, 0.3) is 0 Å². The summed E-state index contributed by atoms with van der Waals surface area (Å²) in [5, 5.41) is 0.571. The van der Waals surface area contributed by atoms with Gasteiger partial charge in [0.1, 0.15) is 0 Å². The smallest absolute Gasteiger partial charge is 0.247 e. The molecule has 0 saturated carbocycles. The Kier molecular flexibility index (Phi) is 3.32. The molecular formula is C7H12N4OS. The van der Waals surface area contributed by atoms with Gasteiger partial charge >= 0.3 is 0 Å². The van der Waals surface area contributed by atoms with Gasteiger partial charge in [-0.15, -0.1) is 0 Å². The number of carbonyl (C=O) groups excluding carboxylic acids is 1. The molecule has 1 heterocycles. The second kappa shape index (κ2) is 4.29. The monoisotopic (exact) mass is 200 g/mol. The van der Waals surface area contributed by atoms with Gasteiger partial charge in [-0.1, -0.05) is 11.8 Å². The maximum Gasteiger partial charge on any atom is 0.247 e. The molecule has 1 atom stereocenters. The van der Waals surface area contributed by atoms with Crippen molar-refractivity contribution in [3.05, 3.63) is 12.4 Å². The van der Waals surface area contributed by atoms with E-state index in [2.05, 4.69) is 10.4 Å². The molecule has 6 heteroatoms. The van der Waals surface area contributed by atoms with Crippen LogP contribution < -0.4 is 11.3 Å². The van der Waals surface area contributed by atoms with Crippen molar-refractivity contribution in [1.29, 1.82) is 0 Å². The lowest BCUT2D eigenvalue weighted by molar-refractivity contribution is -0.120. The van der Waals surface area contributed by atoms with Gasteiger partial charge in [0, 0.05) is 19.4 Å². The molecule has 1 aromatic heterocycles. The lowest BCUT2D eigenvalue weighted by atomic mass is 10.5. The minimum absolute atomic E-state index is 0.201. The fourth-order valence-electron chi connectivity index (χ4n) is 0.794. The summed E-state index contributed by atoms with van der Waals surface area (Å²) in [5.74, 6) is 4.80. The maximum atomic E-state index is 11.1. The zero-order valence-corrected chi connectivity index (χ0v) is 8.34. The molecule has 3 N–H and O–H groups in total. The summed E-state index contributed by atoms with van der Waals surface area (Å²) in [7, 11) is 1.88. The van der Waals surface area contributed by atoms with Crippen LogP contribution >= 0.6 is 11.8 Å². The van der Waals surface area contributed by atoms with Crippen molar-refractivity contribution in [2.75, 3.05) is 0 Å². The SMILES string of the molecule is CC(Sc1nccn1C)C(=O)NN. The Morgan fingerprint density at radius 2 is 2.54 bits per heavy atom. The van der Waals surface area contributed by atoms with Crippen molar-refractivity contribution in [3.8, 4) is 0 Å². The molecule has 0 aromatic carbocycles. The number of amides is 1. The summed E-state index contributed by atoms with van der Waals surface area (Å²) < 4.78 is 1.85. The third-order valence-electron chi connectivity index (χ3n) is 1.57. The van der Waals surface area contributed by atoms with Crippen molar-refractivity contribution < 1.29 is 4.79 Å². The van der Waals surface area contributed by atoms with Crippen LogP contribution in [0.15, 0.2) is 17.6 Å². The summed E-state index contributed by atoms with van der Waals surface area (Å²) in [5.41, 5.74) is 2.10. The molecule has 72 valence electrons. The number of hydrogen-bond acceptors (Lipinski definition) is 4. The van der Waals surface area contributed by atoms with E-state index >= 15 is 0 Å². The van der Waals surface area contributed by atoms with Gasteiger partial charge in [-0.25, -0.2) is 10.8 Å². The highest BCUT2D eigenvalue weighted by atomic mass is 32.2. The average molecular weight is 200 g/mol. The number of imidazole rings is 1. The van der Waals surface area contributed by atoms with Crippen molar-refractivity contribution in [2.45, 2.75) is 17.3 Å². The van der Waals surface area contributed by atoms with E-state index < -0.39 is 0 Å². The molecule has 13 heavy (non-hydrogen) atoms. The quantitative estimate of drug-likeness (QED) is 0.309. The van der Waals surface area contributed by atoms with Crippen molar-refractivity contribution in [1.82, 2.24) is 15.0 Å². The largest absolute Gasteiger partial charge is 0.329 e. The van der Waals surface area contributed by atoms with Crippen molar-refractivity contribution in [2.24, 2.45) is 12.9 Å². The Hall–Kier alpha value is -1.01. The normalized spacial score (nSPS) is 12.5. The Balaban J connectivity index is 2.59. The van der Waals surface area contributed by atoms with Crippen LogP contribution in [0.5, 0.6) is 0 Å². The van der Waals surface area contributed by atoms with Crippen LogP contribution in [0.1, 0.15) is 6.92 Å². The predicted molar refractivity (Wildman–Crippen MR) is 50.9 cm³/mol. The minimum atomic E-state index is -0.230. The number of nitrogens with one attached hydrogen (secondary N) is 1. The van der Waals surface area contributed by atoms with Gasteiger partial charge in [0.25, 0.3) is 0 Å². The number of hydrazine groups is 1. The first-order valence-electron chi connectivity index (χ1n) is 3.79. The molecule has 1 aromatic rings. The van der Waals surface area contributed by atoms with E-state index in [1.807, 2.05) is 17.8 Å². The van der Waals surface area contributed by atoms with E-state index in [4.69, 9.17) is 5.84 Å². The number of nitrogens with two attached hydrogens (primary N) is 1. The standard InChI is InChI=1S/C7H12N4OS/c1-5(6(12)10-8)13-7-9-3-4-11(7)2/h3-5H,8H2,1-2H3,(H,10,12). The summed E-state index contributed by atoms with van der Waals surface area (Å²) >= 11 is 1.37. The van der Waals surface area contributed by atoms with Gasteiger partial charge in [-0.2, -0.15) is 0 Å². The molecule has 1 unspecified atom stereocenters.